The van der Waals surface area contributed by atoms with Crippen molar-refractivity contribution in [1.82, 2.24) is 9.80 Å². The minimum absolute atomic E-state index is 0.716. The molecule has 2 aliphatic heterocycles. The molecule has 1 saturated carbocycles. The van der Waals surface area contributed by atoms with Crippen LogP contribution in [-0.2, 0) is 0 Å². The normalized spacial score (nSPS) is 23.0. The predicted molar refractivity (Wildman–Crippen MR) is 120 cm³/mol. The summed E-state index contributed by atoms with van der Waals surface area (Å²) >= 11 is 0. The molecule has 158 valence electrons. The van der Waals surface area contributed by atoms with Crippen LogP contribution in [0, 0.1) is 16.7 Å². The molecule has 1 aliphatic carbocycles. The van der Waals surface area contributed by atoms with E-state index in [9.17, 15) is 0 Å². The molecular formula is C24H52N2. The maximum absolute atomic E-state index is 2.74. The van der Waals surface area contributed by atoms with Crippen molar-refractivity contribution in [2.45, 2.75) is 100 Å². The smallest absolute Gasteiger partial charge is 0.00507 e. The van der Waals surface area contributed by atoms with Gasteiger partial charge in [-0.1, -0.05) is 68.2 Å². The summed E-state index contributed by atoms with van der Waals surface area (Å²) in [5.41, 5.74) is 1.47. The molecule has 2 saturated heterocycles. The Hall–Kier alpha value is -0.0800. The minimum atomic E-state index is 0.716. The zero-order chi connectivity index (χ0) is 20.2. The van der Waals surface area contributed by atoms with Crippen molar-refractivity contribution in [2.75, 3.05) is 39.8 Å². The fourth-order valence-corrected chi connectivity index (χ4v) is 4.80. The van der Waals surface area contributed by atoms with Crippen molar-refractivity contribution < 1.29 is 0 Å². The third-order valence-corrected chi connectivity index (χ3v) is 6.19. The van der Waals surface area contributed by atoms with Crippen LogP contribution in [0.15, 0.2) is 0 Å². The van der Waals surface area contributed by atoms with Gasteiger partial charge in [0.15, 0.2) is 0 Å². The van der Waals surface area contributed by atoms with Crippen LogP contribution < -0.4 is 0 Å². The second-order valence-electron chi connectivity index (χ2n) is 8.83. The number of likely N-dealkylation sites (tertiary alicyclic amines) is 2. The van der Waals surface area contributed by atoms with E-state index < -0.39 is 0 Å². The molecule has 0 spiro atoms. The van der Waals surface area contributed by atoms with Gasteiger partial charge in [-0.25, -0.2) is 0 Å². The Morgan fingerprint density at radius 1 is 0.808 bits per heavy atom. The second kappa shape index (κ2) is 13.2. The lowest BCUT2D eigenvalue weighted by atomic mass is 9.72. The lowest BCUT2D eigenvalue weighted by Crippen LogP contribution is -2.57. The Bertz CT molecular complexity index is 309. The maximum atomic E-state index is 2.74. The van der Waals surface area contributed by atoms with E-state index >= 15 is 0 Å². The standard InChI is InChI=1S/C15H29N.C5H11N.2C2H6/c1-4-7-15(8-5-2)12-16(13-15)11-14(6-3)9-10-14;1-5-3-6(2)4-5;2*1-2/h4-13H2,1-3H3;5H,3-4H2,1-2H3;2*1-2H3. The fourth-order valence-electron chi connectivity index (χ4n) is 4.80. The van der Waals surface area contributed by atoms with Crippen molar-refractivity contribution >= 4 is 0 Å². The predicted octanol–water partition coefficient (Wildman–Crippen LogP) is 6.70. The molecule has 0 unspecified atom stereocenters. The van der Waals surface area contributed by atoms with E-state index in [1.165, 1.54) is 77.7 Å². The highest BCUT2D eigenvalue weighted by Gasteiger charge is 2.48. The highest BCUT2D eigenvalue weighted by molar-refractivity contribution is 5.01. The topological polar surface area (TPSA) is 6.48 Å². The highest BCUT2D eigenvalue weighted by Crippen LogP contribution is 2.51. The Balaban J connectivity index is 0.000000521. The van der Waals surface area contributed by atoms with Crippen molar-refractivity contribution in [1.29, 1.82) is 0 Å². The Morgan fingerprint density at radius 3 is 1.50 bits per heavy atom. The molecule has 0 atom stereocenters. The molecule has 0 N–H and O–H groups in total. The van der Waals surface area contributed by atoms with Crippen LogP contribution in [0.25, 0.3) is 0 Å². The van der Waals surface area contributed by atoms with Gasteiger partial charge in [0.2, 0.25) is 0 Å². The molecule has 2 heteroatoms. The maximum Gasteiger partial charge on any atom is 0.00507 e. The van der Waals surface area contributed by atoms with E-state index in [4.69, 9.17) is 0 Å². The molecule has 0 aromatic heterocycles. The Morgan fingerprint density at radius 2 is 1.27 bits per heavy atom. The summed E-state index contributed by atoms with van der Waals surface area (Å²) in [6, 6.07) is 0. The van der Waals surface area contributed by atoms with E-state index in [-0.39, 0.29) is 0 Å². The summed E-state index contributed by atoms with van der Waals surface area (Å²) in [4.78, 5) is 5.06. The van der Waals surface area contributed by atoms with Crippen molar-refractivity contribution in [3.8, 4) is 0 Å². The van der Waals surface area contributed by atoms with Gasteiger partial charge in [0.05, 0.1) is 0 Å². The third kappa shape index (κ3) is 8.30. The first kappa shape index (κ1) is 25.9. The molecule has 0 amide bonds. The second-order valence-corrected chi connectivity index (χ2v) is 8.83. The molecule has 0 radical (unpaired) electrons. The summed E-state index contributed by atoms with van der Waals surface area (Å²) in [5.74, 6) is 0.968. The molecule has 0 bridgehead atoms. The van der Waals surface area contributed by atoms with Gasteiger partial charge in [-0.15, -0.1) is 0 Å². The quantitative estimate of drug-likeness (QED) is 0.493. The molecule has 3 rings (SSSR count). The minimum Gasteiger partial charge on any atom is -0.306 e. The molecule has 2 heterocycles. The molecular weight excluding hydrogens is 316 g/mol. The monoisotopic (exact) mass is 368 g/mol. The van der Waals surface area contributed by atoms with Crippen molar-refractivity contribution in [2.24, 2.45) is 16.7 Å². The number of hydrogen-bond acceptors (Lipinski definition) is 2. The molecule has 26 heavy (non-hydrogen) atoms. The number of rotatable bonds is 7. The summed E-state index contributed by atoms with van der Waals surface area (Å²) in [7, 11) is 2.15. The summed E-state index contributed by atoms with van der Waals surface area (Å²) < 4.78 is 0. The van der Waals surface area contributed by atoms with E-state index in [1.807, 2.05) is 27.7 Å². The van der Waals surface area contributed by atoms with Crippen LogP contribution in [-0.4, -0.2) is 49.6 Å². The Kier molecular flexibility index (Phi) is 13.1. The van der Waals surface area contributed by atoms with Crippen LogP contribution in [0.5, 0.6) is 0 Å². The number of hydrogen-bond donors (Lipinski definition) is 0. The Labute approximate surface area is 167 Å². The van der Waals surface area contributed by atoms with Crippen LogP contribution >= 0.6 is 0 Å². The van der Waals surface area contributed by atoms with E-state index in [1.54, 1.807) is 0 Å². The molecule has 3 fully saturated rings. The first-order chi connectivity index (χ1) is 12.5. The van der Waals surface area contributed by atoms with Gasteiger partial charge in [-0.05, 0) is 55.9 Å². The highest BCUT2D eigenvalue weighted by atomic mass is 15.2. The van der Waals surface area contributed by atoms with Crippen LogP contribution in [0.1, 0.15) is 100 Å². The van der Waals surface area contributed by atoms with Crippen LogP contribution in [0.2, 0.25) is 0 Å². The molecule has 0 aromatic carbocycles. The van der Waals surface area contributed by atoms with E-state index in [0.717, 1.165) is 11.3 Å². The average molecular weight is 369 g/mol. The average Bonchev–Trinajstić information content (AvgIpc) is 3.37. The summed E-state index contributed by atoms with van der Waals surface area (Å²) in [6.45, 7) is 24.1. The zero-order valence-corrected chi connectivity index (χ0v) is 20.0. The number of nitrogens with zero attached hydrogens (tertiary/aromatic N) is 2. The summed E-state index contributed by atoms with van der Waals surface area (Å²) in [6.07, 6.45) is 10.0. The van der Waals surface area contributed by atoms with Gasteiger partial charge in [0.25, 0.3) is 0 Å². The molecule has 2 nitrogen and oxygen atoms in total. The third-order valence-electron chi connectivity index (χ3n) is 6.19. The van der Waals surface area contributed by atoms with Crippen molar-refractivity contribution in [3.05, 3.63) is 0 Å². The zero-order valence-electron chi connectivity index (χ0n) is 20.0. The van der Waals surface area contributed by atoms with Gasteiger partial charge in [-0.3, -0.25) is 0 Å². The lowest BCUT2D eigenvalue weighted by Gasteiger charge is -2.52. The molecule has 0 aromatic rings. The first-order valence-electron chi connectivity index (χ1n) is 11.9. The van der Waals surface area contributed by atoms with Gasteiger partial charge >= 0.3 is 0 Å². The first-order valence-corrected chi connectivity index (χ1v) is 11.9. The van der Waals surface area contributed by atoms with Gasteiger partial charge in [-0.2, -0.15) is 0 Å². The lowest BCUT2D eigenvalue weighted by molar-refractivity contribution is -0.0272. The van der Waals surface area contributed by atoms with Gasteiger partial charge in [0, 0.05) is 32.7 Å². The van der Waals surface area contributed by atoms with Crippen molar-refractivity contribution in [3.63, 3.8) is 0 Å². The van der Waals surface area contributed by atoms with Crippen LogP contribution in [0.3, 0.4) is 0 Å². The summed E-state index contributed by atoms with van der Waals surface area (Å²) in [5, 5.41) is 0. The SMILES string of the molecule is CC.CC.CC1CN(C)C1.CCCC1(CCC)CN(CC2(CC)CC2)C1. The molecule has 3 aliphatic rings. The van der Waals surface area contributed by atoms with Gasteiger partial charge in [0.1, 0.15) is 0 Å². The van der Waals surface area contributed by atoms with E-state index in [0.29, 0.717) is 5.41 Å². The largest absolute Gasteiger partial charge is 0.306 e. The fraction of sp³-hybridized carbons (Fsp3) is 1.00. The van der Waals surface area contributed by atoms with E-state index in [2.05, 4.69) is 44.5 Å². The van der Waals surface area contributed by atoms with Gasteiger partial charge < -0.3 is 9.80 Å². The van der Waals surface area contributed by atoms with Crippen LogP contribution in [0.4, 0.5) is 0 Å².